The van der Waals surface area contributed by atoms with E-state index in [0.717, 1.165) is 11.3 Å². The van der Waals surface area contributed by atoms with Crippen molar-refractivity contribution in [2.24, 2.45) is 0 Å². The molecule has 3 heterocycles. The van der Waals surface area contributed by atoms with Crippen molar-refractivity contribution in [3.05, 3.63) is 77.4 Å². The van der Waals surface area contributed by atoms with E-state index >= 15 is 0 Å². The van der Waals surface area contributed by atoms with Crippen LogP contribution in [0, 0.1) is 5.82 Å². The number of piperazine rings is 1. The molecule has 0 spiro atoms. The number of carboxylic acids is 1. The summed E-state index contributed by atoms with van der Waals surface area (Å²) in [6.45, 7) is 2.22. The molecule has 5 rings (SSSR count). The van der Waals surface area contributed by atoms with E-state index in [9.17, 15) is 22.7 Å². The summed E-state index contributed by atoms with van der Waals surface area (Å²) in [5, 5.41) is 11.9. The first kappa shape index (κ1) is 31.4. The zero-order chi connectivity index (χ0) is 24.6. The SMILES string of the molecule is Cl.Cl.Cl.O=C(O)c1cc(N2CCN(c3ccccc3F)CC2)nc2ccc(NS(=O)(=O)c3cccs3)cc12. The van der Waals surface area contributed by atoms with Gasteiger partial charge in [-0.05, 0) is 47.8 Å². The highest BCUT2D eigenvalue weighted by Gasteiger charge is 2.23. The van der Waals surface area contributed by atoms with Crippen LogP contribution in [0.5, 0.6) is 0 Å². The summed E-state index contributed by atoms with van der Waals surface area (Å²) >= 11 is 1.09. The molecule has 38 heavy (non-hydrogen) atoms. The first-order valence-electron chi connectivity index (χ1n) is 10.8. The average molecular weight is 622 g/mol. The van der Waals surface area contributed by atoms with Crippen LogP contribution >= 0.6 is 48.6 Å². The van der Waals surface area contributed by atoms with Crippen LogP contribution in [0.1, 0.15) is 10.4 Å². The Bertz CT molecular complexity index is 1520. The standard InChI is InChI=1S/C24H21FN4O4S2.3ClH/c25-19-4-1-2-5-21(19)28-9-11-29(12-10-28)22-15-18(24(30)31)17-14-16(7-8-20(17)26-22)27-35(32,33)23-6-3-13-34-23;;;/h1-8,13-15,27H,9-12H2,(H,30,31);3*1H. The lowest BCUT2D eigenvalue weighted by atomic mass is 10.1. The van der Waals surface area contributed by atoms with Crippen LogP contribution in [0.4, 0.5) is 21.6 Å². The normalized spacial score (nSPS) is 13.2. The van der Waals surface area contributed by atoms with Gasteiger partial charge in [-0.2, -0.15) is 0 Å². The number of aromatic carboxylic acids is 1. The number of para-hydroxylation sites is 1. The Balaban J connectivity index is 0.00000169. The molecule has 1 fully saturated rings. The first-order valence-corrected chi connectivity index (χ1v) is 13.2. The summed E-state index contributed by atoms with van der Waals surface area (Å²) in [6, 6.07) is 15.9. The Labute approximate surface area is 241 Å². The third-order valence-corrected chi connectivity index (χ3v) is 8.61. The fourth-order valence-corrected chi connectivity index (χ4v) is 6.16. The van der Waals surface area contributed by atoms with Crippen LogP contribution < -0.4 is 14.5 Å². The van der Waals surface area contributed by atoms with E-state index in [2.05, 4.69) is 9.71 Å². The van der Waals surface area contributed by atoms with Crippen LogP contribution in [0.25, 0.3) is 10.9 Å². The zero-order valence-electron chi connectivity index (χ0n) is 19.6. The average Bonchev–Trinajstić information content (AvgIpc) is 3.40. The Morgan fingerprint density at radius 3 is 2.26 bits per heavy atom. The summed E-state index contributed by atoms with van der Waals surface area (Å²) in [5.74, 6) is -0.902. The van der Waals surface area contributed by atoms with Gasteiger partial charge in [0, 0.05) is 37.3 Å². The number of carboxylic acid groups (broad SMARTS) is 1. The van der Waals surface area contributed by atoms with Gasteiger partial charge in [0.25, 0.3) is 10.0 Å². The molecule has 0 amide bonds. The number of anilines is 3. The minimum atomic E-state index is -3.77. The molecule has 0 unspecified atom stereocenters. The number of benzene rings is 2. The molecular weight excluding hydrogens is 598 g/mol. The lowest BCUT2D eigenvalue weighted by molar-refractivity contribution is 0.0699. The molecule has 2 aromatic carbocycles. The van der Waals surface area contributed by atoms with Gasteiger partial charge in [-0.15, -0.1) is 48.6 Å². The second-order valence-corrected chi connectivity index (χ2v) is 10.9. The number of hydrogen-bond acceptors (Lipinski definition) is 7. The molecule has 1 aliphatic heterocycles. The summed E-state index contributed by atoms with van der Waals surface area (Å²) in [4.78, 5) is 20.6. The van der Waals surface area contributed by atoms with E-state index < -0.39 is 16.0 Å². The Kier molecular flexibility index (Phi) is 10.6. The number of nitrogens with zero attached hydrogens (tertiary/aromatic N) is 3. The molecule has 0 saturated carbocycles. The van der Waals surface area contributed by atoms with Gasteiger partial charge in [-0.1, -0.05) is 18.2 Å². The molecule has 0 radical (unpaired) electrons. The van der Waals surface area contributed by atoms with Crippen molar-refractivity contribution < 1.29 is 22.7 Å². The summed E-state index contributed by atoms with van der Waals surface area (Å²) in [7, 11) is -3.77. The van der Waals surface area contributed by atoms with Crippen molar-refractivity contribution in [1.82, 2.24) is 4.98 Å². The van der Waals surface area contributed by atoms with E-state index in [-0.39, 0.29) is 58.5 Å². The lowest BCUT2D eigenvalue weighted by Crippen LogP contribution is -2.47. The molecule has 2 aromatic heterocycles. The fraction of sp³-hybridized carbons (Fsp3) is 0.167. The van der Waals surface area contributed by atoms with Crippen LogP contribution in [0.3, 0.4) is 0 Å². The van der Waals surface area contributed by atoms with Gasteiger partial charge in [-0.25, -0.2) is 22.6 Å². The van der Waals surface area contributed by atoms with Crippen molar-refractivity contribution in [3.8, 4) is 0 Å². The predicted octanol–water partition coefficient (Wildman–Crippen LogP) is 5.53. The van der Waals surface area contributed by atoms with Crippen molar-refractivity contribution in [2.75, 3.05) is 40.7 Å². The molecule has 4 aromatic rings. The number of carbonyl (C=O) groups is 1. The van der Waals surface area contributed by atoms with E-state index in [1.807, 2.05) is 9.80 Å². The largest absolute Gasteiger partial charge is 0.478 e. The highest BCUT2D eigenvalue weighted by Crippen LogP contribution is 2.29. The summed E-state index contributed by atoms with van der Waals surface area (Å²) in [6.07, 6.45) is 0. The summed E-state index contributed by atoms with van der Waals surface area (Å²) in [5.41, 5.74) is 1.26. The minimum absolute atomic E-state index is 0. The van der Waals surface area contributed by atoms with Gasteiger partial charge >= 0.3 is 5.97 Å². The molecule has 2 N–H and O–H groups in total. The number of sulfonamides is 1. The first-order chi connectivity index (χ1) is 16.8. The topological polar surface area (TPSA) is 103 Å². The minimum Gasteiger partial charge on any atom is -0.478 e. The molecule has 8 nitrogen and oxygen atoms in total. The Hall–Kier alpha value is -2.83. The number of rotatable bonds is 6. The van der Waals surface area contributed by atoms with E-state index in [1.165, 1.54) is 24.3 Å². The van der Waals surface area contributed by atoms with Crippen LogP contribution in [0.2, 0.25) is 0 Å². The second kappa shape index (κ2) is 12.8. The van der Waals surface area contributed by atoms with Gasteiger partial charge in [0.1, 0.15) is 15.8 Å². The van der Waals surface area contributed by atoms with Crippen LogP contribution in [0.15, 0.2) is 70.3 Å². The van der Waals surface area contributed by atoms with Crippen molar-refractivity contribution in [1.29, 1.82) is 0 Å². The number of nitrogens with one attached hydrogen (secondary N) is 1. The molecule has 204 valence electrons. The lowest BCUT2D eigenvalue weighted by Gasteiger charge is -2.37. The highest BCUT2D eigenvalue weighted by atomic mass is 35.5. The quantitative estimate of drug-likeness (QED) is 0.292. The van der Waals surface area contributed by atoms with E-state index in [1.54, 1.807) is 41.8 Å². The fourth-order valence-electron chi connectivity index (χ4n) is 4.12. The Morgan fingerprint density at radius 2 is 1.63 bits per heavy atom. The third kappa shape index (κ3) is 6.41. The van der Waals surface area contributed by atoms with Gasteiger partial charge in [0.05, 0.1) is 16.8 Å². The highest BCUT2D eigenvalue weighted by molar-refractivity contribution is 7.94. The molecule has 1 saturated heterocycles. The Morgan fingerprint density at radius 1 is 0.947 bits per heavy atom. The van der Waals surface area contributed by atoms with Gasteiger partial charge in [-0.3, -0.25) is 4.72 Å². The van der Waals surface area contributed by atoms with Gasteiger partial charge < -0.3 is 14.9 Å². The molecule has 0 aliphatic carbocycles. The number of thiophene rings is 1. The van der Waals surface area contributed by atoms with E-state index in [0.29, 0.717) is 48.6 Å². The maximum absolute atomic E-state index is 14.2. The monoisotopic (exact) mass is 620 g/mol. The molecule has 0 bridgehead atoms. The van der Waals surface area contributed by atoms with E-state index in [4.69, 9.17) is 0 Å². The van der Waals surface area contributed by atoms with Crippen molar-refractivity contribution >= 4 is 92.6 Å². The summed E-state index contributed by atoms with van der Waals surface area (Å²) < 4.78 is 41.9. The van der Waals surface area contributed by atoms with Crippen LogP contribution in [-0.2, 0) is 10.0 Å². The number of aromatic nitrogens is 1. The molecule has 0 atom stereocenters. The number of hydrogen-bond donors (Lipinski definition) is 2. The van der Waals surface area contributed by atoms with Gasteiger partial charge in [0.2, 0.25) is 0 Å². The third-order valence-electron chi connectivity index (χ3n) is 5.83. The smallest absolute Gasteiger partial charge is 0.336 e. The van der Waals surface area contributed by atoms with Crippen LogP contribution in [-0.4, -0.2) is 50.7 Å². The second-order valence-electron chi connectivity index (χ2n) is 8.03. The molecular formula is C24H24Cl3FN4O4S2. The van der Waals surface area contributed by atoms with Crippen molar-refractivity contribution in [3.63, 3.8) is 0 Å². The number of pyridine rings is 1. The maximum atomic E-state index is 14.2. The predicted molar refractivity (Wildman–Crippen MR) is 156 cm³/mol. The molecule has 1 aliphatic rings. The number of fused-ring (bicyclic) bond motifs is 1. The molecule has 14 heteroatoms. The maximum Gasteiger partial charge on any atom is 0.336 e. The number of halogens is 4. The van der Waals surface area contributed by atoms with Crippen molar-refractivity contribution in [2.45, 2.75) is 4.21 Å². The van der Waals surface area contributed by atoms with Gasteiger partial charge in [0.15, 0.2) is 0 Å². The zero-order valence-corrected chi connectivity index (χ0v) is 23.7.